The van der Waals surface area contributed by atoms with E-state index in [1.54, 1.807) is 42.5 Å². The van der Waals surface area contributed by atoms with Crippen molar-refractivity contribution in [2.75, 3.05) is 0 Å². The van der Waals surface area contributed by atoms with Gasteiger partial charge in [-0.05, 0) is 42.0 Å². The summed E-state index contributed by atoms with van der Waals surface area (Å²) >= 11 is 6.06. The van der Waals surface area contributed by atoms with E-state index in [0.717, 1.165) is 5.56 Å². The van der Waals surface area contributed by atoms with E-state index in [0.29, 0.717) is 28.7 Å². The minimum absolute atomic E-state index is 0.316. The predicted molar refractivity (Wildman–Crippen MR) is 93.6 cm³/mol. The maximum Gasteiger partial charge on any atom is 0.343 e. The summed E-state index contributed by atoms with van der Waals surface area (Å²) in [4.78, 5) is 12.2. The summed E-state index contributed by atoms with van der Waals surface area (Å²) in [6.07, 6.45) is 0. The topological polar surface area (TPSA) is 35.5 Å². The highest BCUT2D eigenvalue weighted by Crippen LogP contribution is 2.24. The molecule has 0 aliphatic rings. The van der Waals surface area contributed by atoms with Gasteiger partial charge in [-0.2, -0.15) is 0 Å². The minimum Gasteiger partial charge on any atom is -0.487 e. The lowest BCUT2D eigenvalue weighted by Crippen LogP contribution is -2.09. The zero-order valence-electron chi connectivity index (χ0n) is 12.8. The lowest BCUT2D eigenvalue weighted by molar-refractivity contribution is 0.0734. The molecule has 4 heteroatoms. The number of para-hydroxylation sites is 2. The van der Waals surface area contributed by atoms with Crippen molar-refractivity contribution < 1.29 is 14.3 Å². The van der Waals surface area contributed by atoms with Crippen molar-refractivity contribution in [2.45, 2.75) is 6.61 Å². The summed E-state index contributed by atoms with van der Waals surface area (Å²) in [5.41, 5.74) is 1.33. The Kier molecular flexibility index (Phi) is 5.14. The Balaban J connectivity index is 1.68. The minimum atomic E-state index is -0.402. The second-order valence-corrected chi connectivity index (χ2v) is 5.53. The molecule has 0 aliphatic carbocycles. The van der Waals surface area contributed by atoms with E-state index in [4.69, 9.17) is 21.1 Å². The van der Waals surface area contributed by atoms with E-state index in [1.807, 2.05) is 36.4 Å². The van der Waals surface area contributed by atoms with E-state index < -0.39 is 5.97 Å². The molecule has 0 radical (unpaired) electrons. The first-order valence-electron chi connectivity index (χ1n) is 7.46. The quantitative estimate of drug-likeness (QED) is 0.477. The van der Waals surface area contributed by atoms with E-state index in [2.05, 4.69) is 0 Å². The molecule has 0 N–H and O–H groups in total. The van der Waals surface area contributed by atoms with Gasteiger partial charge in [0.2, 0.25) is 0 Å². The molecular weight excluding hydrogens is 324 g/mol. The molecule has 0 aromatic heterocycles. The van der Waals surface area contributed by atoms with Gasteiger partial charge in [0.15, 0.2) is 0 Å². The first-order valence-corrected chi connectivity index (χ1v) is 7.84. The molecule has 24 heavy (non-hydrogen) atoms. The van der Waals surface area contributed by atoms with Gasteiger partial charge >= 0.3 is 5.97 Å². The van der Waals surface area contributed by atoms with Crippen LogP contribution in [-0.4, -0.2) is 5.97 Å². The predicted octanol–water partition coefficient (Wildman–Crippen LogP) is 5.14. The molecule has 0 saturated heterocycles. The molecule has 3 aromatic carbocycles. The van der Waals surface area contributed by atoms with E-state index in [-0.39, 0.29) is 0 Å². The zero-order chi connectivity index (χ0) is 16.8. The summed E-state index contributed by atoms with van der Waals surface area (Å²) in [5, 5.41) is 0.553. The Bertz CT molecular complexity index is 831. The third kappa shape index (κ3) is 4.15. The first-order chi connectivity index (χ1) is 11.7. The number of rotatable bonds is 5. The van der Waals surface area contributed by atoms with Gasteiger partial charge in [-0.25, -0.2) is 4.79 Å². The van der Waals surface area contributed by atoms with Gasteiger partial charge in [-0.15, -0.1) is 0 Å². The van der Waals surface area contributed by atoms with E-state index >= 15 is 0 Å². The Morgan fingerprint density at radius 3 is 2.42 bits per heavy atom. The Morgan fingerprint density at radius 1 is 0.875 bits per heavy atom. The summed E-state index contributed by atoms with van der Waals surface area (Å²) in [7, 11) is 0. The average molecular weight is 339 g/mol. The molecule has 120 valence electrons. The van der Waals surface area contributed by atoms with Crippen LogP contribution in [0.3, 0.4) is 0 Å². The molecule has 0 heterocycles. The first kappa shape index (κ1) is 16.1. The van der Waals surface area contributed by atoms with Crippen LogP contribution < -0.4 is 9.47 Å². The SMILES string of the molecule is O=C(Oc1ccccc1)c1cccc(COc2ccccc2Cl)c1. The fourth-order valence-electron chi connectivity index (χ4n) is 2.17. The van der Waals surface area contributed by atoms with Crippen molar-refractivity contribution in [1.82, 2.24) is 0 Å². The summed E-state index contributed by atoms with van der Waals surface area (Å²) in [6, 6.07) is 23.4. The molecular formula is C20H15ClO3. The highest BCUT2D eigenvalue weighted by atomic mass is 35.5. The van der Waals surface area contributed by atoms with E-state index in [9.17, 15) is 4.79 Å². The smallest absolute Gasteiger partial charge is 0.343 e. The van der Waals surface area contributed by atoms with Crippen molar-refractivity contribution >= 4 is 17.6 Å². The monoisotopic (exact) mass is 338 g/mol. The maximum absolute atomic E-state index is 12.2. The maximum atomic E-state index is 12.2. The zero-order valence-corrected chi connectivity index (χ0v) is 13.6. The molecule has 0 bridgehead atoms. The molecule has 3 nitrogen and oxygen atoms in total. The van der Waals surface area contributed by atoms with Crippen molar-refractivity contribution in [1.29, 1.82) is 0 Å². The molecule has 3 aromatic rings. The molecule has 0 saturated carbocycles. The van der Waals surface area contributed by atoms with Crippen LogP contribution in [-0.2, 0) is 6.61 Å². The largest absolute Gasteiger partial charge is 0.487 e. The lowest BCUT2D eigenvalue weighted by atomic mass is 10.1. The van der Waals surface area contributed by atoms with Crippen molar-refractivity contribution in [3.05, 3.63) is 95.0 Å². The standard InChI is InChI=1S/C20H15ClO3/c21-18-11-4-5-12-19(18)23-14-15-7-6-8-16(13-15)20(22)24-17-9-2-1-3-10-17/h1-13H,14H2. The van der Waals surface area contributed by atoms with Crippen molar-refractivity contribution in [3.8, 4) is 11.5 Å². The second-order valence-electron chi connectivity index (χ2n) is 5.12. The van der Waals surface area contributed by atoms with Crippen LogP contribution >= 0.6 is 11.6 Å². The molecule has 0 aliphatic heterocycles. The highest BCUT2D eigenvalue weighted by Gasteiger charge is 2.09. The fourth-order valence-corrected chi connectivity index (χ4v) is 2.36. The van der Waals surface area contributed by atoms with Crippen LogP contribution in [0.15, 0.2) is 78.9 Å². The molecule has 0 fully saturated rings. The van der Waals surface area contributed by atoms with Crippen LogP contribution in [0.5, 0.6) is 11.5 Å². The summed E-state index contributed by atoms with van der Waals surface area (Å²) in [6.45, 7) is 0.316. The lowest BCUT2D eigenvalue weighted by Gasteiger charge is -2.09. The highest BCUT2D eigenvalue weighted by molar-refractivity contribution is 6.32. The van der Waals surface area contributed by atoms with Gasteiger partial charge in [0.25, 0.3) is 0 Å². The third-order valence-electron chi connectivity index (χ3n) is 3.35. The fraction of sp³-hybridized carbons (Fsp3) is 0.0500. The van der Waals surface area contributed by atoms with Crippen LogP contribution in [0.25, 0.3) is 0 Å². The molecule has 0 spiro atoms. The van der Waals surface area contributed by atoms with Crippen molar-refractivity contribution in [2.24, 2.45) is 0 Å². The van der Waals surface area contributed by atoms with Crippen molar-refractivity contribution in [3.63, 3.8) is 0 Å². The van der Waals surface area contributed by atoms with Crippen LogP contribution in [0, 0.1) is 0 Å². The molecule has 0 atom stereocenters. The summed E-state index contributed by atoms with van der Waals surface area (Å²) in [5.74, 6) is 0.720. The number of hydrogen-bond acceptors (Lipinski definition) is 3. The molecule has 0 amide bonds. The van der Waals surface area contributed by atoms with Crippen LogP contribution in [0.2, 0.25) is 5.02 Å². The number of hydrogen-bond donors (Lipinski definition) is 0. The Labute approximate surface area is 145 Å². The third-order valence-corrected chi connectivity index (χ3v) is 3.66. The van der Waals surface area contributed by atoms with Gasteiger partial charge in [0, 0.05) is 0 Å². The van der Waals surface area contributed by atoms with E-state index in [1.165, 1.54) is 0 Å². The Morgan fingerprint density at radius 2 is 1.62 bits per heavy atom. The van der Waals surface area contributed by atoms with Gasteiger partial charge in [-0.3, -0.25) is 0 Å². The number of benzene rings is 3. The number of carbonyl (C=O) groups excluding carboxylic acids is 1. The number of esters is 1. The normalized spacial score (nSPS) is 10.2. The summed E-state index contributed by atoms with van der Waals surface area (Å²) < 4.78 is 11.0. The number of halogens is 1. The van der Waals surface area contributed by atoms with Crippen LogP contribution in [0.4, 0.5) is 0 Å². The average Bonchev–Trinajstić information content (AvgIpc) is 2.62. The van der Waals surface area contributed by atoms with Gasteiger partial charge in [0.05, 0.1) is 10.6 Å². The van der Waals surface area contributed by atoms with Gasteiger partial charge < -0.3 is 9.47 Å². The molecule has 3 rings (SSSR count). The number of ether oxygens (including phenoxy) is 2. The number of carbonyl (C=O) groups is 1. The van der Waals surface area contributed by atoms with Gasteiger partial charge in [0.1, 0.15) is 18.1 Å². The second kappa shape index (κ2) is 7.66. The van der Waals surface area contributed by atoms with Crippen LogP contribution in [0.1, 0.15) is 15.9 Å². The molecule has 0 unspecified atom stereocenters. The van der Waals surface area contributed by atoms with Gasteiger partial charge in [-0.1, -0.05) is 54.1 Å². The Hall–Kier alpha value is -2.78.